The molecule has 4 aromatic rings. The molecule has 0 fully saturated rings. The van der Waals surface area contributed by atoms with E-state index < -0.39 is 34.2 Å². The molecule has 1 aromatic heterocycles. The zero-order chi connectivity index (χ0) is 29.2. The number of carbonyl (C=O) groups is 1. The number of hydrogen-bond donors (Lipinski definition) is 2. The second kappa shape index (κ2) is 11.5. The number of amides is 1. The van der Waals surface area contributed by atoms with Gasteiger partial charge in [0, 0.05) is 30.1 Å². The first kappa shape index (κ1) is 28.8. The van der Waals surface area contributed by atoms with Crippen LogP contribution in [0.3, 0.4) is 0 Å². The number of hydrogen-bond acceptors (Lipinski definition) is 7. The second-order valence-electron chi connectivity index (χ2n) is 9.13. The fourth-order valence-corrected chi connectivity index (χ4v) is 5.04. The maximum Gasteiger partial charge on any atom is 0.255 e. The third-order valence-electron chi connectivity index (χ3n) is 5.80. The van der Waals surface area contributed by atoms with E-state index in [-0.39, 0.29) is 52.5 Å². The maximum atomic E-state index is 14.0. The zero-order valence-corrected chi connectivity index (χ0v) is 23.0. The van der Waals surface area contributed by atoms with Gasteiger partial charge in [-0.2, -0.15) is 0 Å². The van der Waals surface area contributed by atoms with Gasteiger partial charge in [-0.25, -0.2) is 17.2 Å². The molecule has 12 heteroatoms. The van der Waals surface area contributed by atoms with Crippen LogP contribution in [0, 0.1) is 11.6 Å². The Labute approximate surface area is 230 Å². The van der Waals surface area contributed by atoms with Crippen molar-refractivity contribution in [2.45, 2.75) is 20.0 Å². The van der Waals surface area contributed by atoms with Crippen molar-refractivity contribution in [1.82, 2.24) is 5.32 Å². The number of anilines is 1. The minimum absolute atomic E-state index is 0.145. The van der Waals surface area contributed by atoms with Gasteiger partial charge in [-0.1, -0.05) is 0 Å². The van der Waals surface area contributed by atoms with Gasteiger partial charge in [0.05, 0.1) is 36.8 Å². The van der Waals surface area contributed by atoms with Crippen molar-refractivity contribution in [2.24, 2.45) is 0 Å². The van der Waals surface area contributed by atoms with Crippen LogP contribution < -0.4 is 19.1 Å². The van der Waals surface area contributed by atoms with Gasteiger partial charge in [0.1, 0.15) is 28.7 Å². The van der Waals surface area contributed by atoms with Crippen molar-refractivity contribution in [3.05, 3.63) is 71.8 Å². The zero-order valence-electron chi connectivity index (χ0n) is 22.2. The molecule has 0 atom stereocenters. The molecule has 0 saturated carbocycles. The standard InChI is InChI=1S/C28H28F2N2O7S/c1-16(2)37-25-14-20-24(15-22(25)32(11-12-33)40(4,35)36)39-27(26(20)28(34)31-3)17-5-8-19(9-6-17)38-23-10-7-18(29)13-21(23)30/h5-10,13-16,33H,11-12H2,1-4H3,(H,31,34). The van der Waals surface area contributed by atoms with Gasteiger partial charge < -0.3 is 24.3 Å². The fourth-order valence-electron chi connectivity index (χ4n) is 4.12. The van der Waals surface area contributed by atoms with Crippen molar-refractivity contribution in [1.29, 1.82) is 0 Å². The van der Waals surface area contributed by atoms with Crippen LogP contribution in [0.15, 0.2) is 59.0 Å². The topological polar surface area (TPSA) is 118 Å². The number of benzene rings is 3. The Morgan fingerprint density at radius 2 is 1.77 bits per heavy atom. The van der Waals surface area contributed by atoms with Crippen LogP contribution in [0.5, 0.6) is 17.2 Å². The summed E-state index contributed by atoms with van der Waals surface area (Å²) in [4.78, 5) is 13.0. The summed E-state index contributed by atoms with van der Waals surface area (Å²) in [5.74, 6) is -1.57. The van der Waals surface area contributed by atoms with Gasteiger partial charge in [-0.05, 0) is 56.3 Å². The number of aliphatic hydroxyl groups excluding tert-OH is 1. The Morgan fingerprint density at radius 3 is 2.35 bits per heavy atom. The normalized spacial score (nSPS) is 11.6. The van der Waals surface area contributed by atoms with Gasteiger partial charge in [0.2, 0.25) is 10.0 Å². The number of sulfonamides is 1. The molecule has 2 N–H and O–H groups in total. The van der Waals surface area contributed by atoms with Crippen LogP contribution in [0.4, 0.5) is 14.5 Å². The summed E-state index contributed by atoms with van der Waals surface area (Å²) in [5, 5.41) is 12.5. The van der Waals surface area contributed by atoms with E-state index >= 15 is 0 Å². The Morgan fingerprint density at radius 1 is 1.07 bits per heavy atom. The largest absolute Gasteiger partial charge is 0.489 e. The number of ether oxygens (including phenoxy) is 2. The van der Waals surface area contributed by atoms with Crippen LogP contribution in [0.2, 0.25) is 0 Å². The molecule has 0 aliphatic heterocycles. The van der Waals surface area contributed by atoms with Gasteiger partial charge in [-0.15, -0.1) is 0 Å². The summed E-state index contributed by atoms with van der Waals surface area (Å²) in [5.41, 5.74) is 1.01. The first-order valence-electron chi connectivity index (χ1n) is 12.2. The molecule has 9 nitrogen and oxygen atoms in total. The molecule has 0 aliphatic rings. The Hall–Kier alpha value is -4.16. The molecule has 40 heavy (non-hydrogen) atoms. The molecule has 0 unspecified atom stereocenters. The van der Waals surface area contributed by atoms with E-state index in [1.807, 2.05) is 0 Å². The molecule has 0 saturated heterocycles. The lowest BCUT2D eigenvalue weighted by Gasteiger charge is -2.25. The Balaban J connectivity index is 1.85. The van der Waals surface area contributed by atoms with E-state index in [0.29, 0.717) is 17.0 Å². The summed E-state index contributed by atoms with van der Waals surface area (Å²) in [6, 6.07) is 12.2. The predicted octanol–water partition coefficient (Wildman–Crippen LogP) is 5.08. The molecule has 4 rings (SSSR count). The summed E-state index contributed by atoms with van der Waals surface area (Å²) < 4.78 is 70.9. The third kappa shape index (κ3) is 6.02. The van der Waals surface area contributed by atoms with Gasteiger partial charge in [0.15, 0.2) is 11.6 Å². The summed E-state index contributed by atoms with van der Waals surface area (Å²) in [7, 11) is -2.34. The van der Waals surface area contributed by atoms with Crippen molar-refractivity contribution in [3.8, 4) is 28.6 Å². The minimum atomic E-state index is -3.81. The van der Waals surface area contributed by atoms with Crippen LogP contribution in [0.1, 0.15) is 24.2 Å². The van der Waals surface area contributed by atoms with Crippen LogP contribution in [-0.2, 0) is 10.0 Å². The van der Waals surface area contributed by atoms with E-state index in [4.69, 9.17) is 13.9 Å². The number of furan rings is 1. The highest BCUT2D eigenvalue weighted by molar-refractivity contribution is 7.92. The van der Waals surface area contributed by atoms with E-state index in [2.05, 4.69) is 5.32 Å². The van der Waals surface area contributed by atoms with E-state index in [9.17, 15) is 27.1 Å². The monoisotopic (exact) mass is 574 g/mol. The second-order valence-corrected chi connectivity index (χ2v) is 11.0. The molecule has 3 aromatic carbocycles. The highest BCUT2D eigenvalue weighted by Crippen LogP contribution is 2.41. The maximum absolute atomic E-state index is 14.0. The van der Waals surface area contributed by atoms with Crippen molar-refractivity contribution < 1.29 is 41.0 Å². The first-order valence-corrected chi connectivity index (χ1v) is 14.1. The lowest BCUT2D eigenvalue weighted by Crippen LogP contribution is -2.33. The van der Waals surface area contributed by atoms with Crippen LogP contribution in [-0.4, -0.2) is 52.0 Å². The van der Waals surface area contributed by atoms with E-state index in [1.54, 1.807) is 26.0 Å². The van der Waals surface area contributed by atoms with Crippen molar-refractivity contribution >= 4 is 32.6 Å². The fraction of sp³-hybridized carbons (Fsp3) is 0.250. The number of nitrogens with zero attached hydrogens (tertiary/aromatic N) is 1. The highest BCUT2D eigenvalue weighted by atomic mass is 32.2. The predicted molar refractivity (Wildman–Crippen MR) is 147 cm³/mol. The lowest BCUT2D eigenvalue weighted by atomic mass is 10.0. The molecule has 0 aliphatic carbocycles. The number of fused-ring (bicyclic) bond motifs is 1. The summed E-state index contributed by atoms with van der Waals surface area (Å²) >= 11 is 0. The average molecular weight is 575 g/mol. The van der Waals surface area contributed by atoms with Crippen molar-refractivity contribution in [3.63, 3.8) is 0 Å². The highest BCUT2D eigenvalue weighted by Gasteiger charge is 2.27. The molecular formula is C28H28F2N2O7S. The average Bonchev–Trinajstić information content (AvgIpc) is 3.26. The summed E-state index contributed by atoms with van der Waals surface area (Å²) in [6.07, 6.45) is 0.678. The van der Waals surface area contributed by atoms with Gasteiger partial charge in [0.25, 0.3) is 5.91 Å². The van der Waals surface area contributed by atoms with Gasteiger partial charge in [-0.3, -0.25) is 9.10 Å². The van der Waals surface area contributed by atoms with Gasteiger partial charge >= 0.3 is 0 Å². The van der Waals surface area contributed by atoms with E-state index in [1.165, 1.54) is 37.4 Å². The molecule has 212 valence electrons. The summed E-state index contributed by atoms with van der Waals surface area (Å²) in [6.45, 7) is 2.89. The van der Waals surface area contributed by atoms with Crippen molar-refractivity contribution in [2.75, 3.05) is 30.8 Å². The smallest absolute Gasteiger partial charge is 0.255 e. The van der Waals surface area contributed by atoms with E-state index in [0.717, 1.165) is 16.6 Å². The Kier molecular flexibility index (Phi) is 8.31. The first-order chi connectivity index (χ1) is 18.9. The molecule has 0 spiro atoms. The number of nitrogens with one attached hydrogen (secondary N) is 1. The van der Waals surface area contributed by atoms with Crippen LogP contribution in [0.25, 0.3) is 22.3 Å². The number of aliphatic hydroxyl groups is 1. The number of carbonyl (C=O) groups excluding carboxylic acids is 1. The molecule has 0 bridgehead atoms. The van der Waals surface area contributed by atoms with Crippen LogP contribution >= 0.6 is 0 Å². The molecule has 1 heterocycles. The molecule has 0 radical (unpaired) electrons. The Bertz CT molecular complexity index is 1650. The quantitative estimate of drug-likeness (QED) is 0.271. The lowest BCUT2D eigenvalue weighted by molar-refractivity contribution is 0.0964. The molecule has 1 amide bonds. The SMILES string of the molecule is CNC(=O)c1c(-c2ccc(Oc3ccc(F)cc3F)cc2)oc2cc(N(CCO)S(C)(=O)=O)c(OC(C)C)cc12. The number of halogens is 2. The number of rotatable bonds is 10. The molecular weight excluding hydrogens is 546 g/mol. The minimum Gasteiger partial charge on any atom is -0.489 e. The third-order valence-corrected chi connectivity index (χ3v) is 6.98.